The molecule has 110 valence electrons. The summed E-state index contributed by atoms with van der Waals surface area (Å²) in [5.41, 5.74) is 7.73. The van der Waals surface area contributed by atoms with Crippen molar-refractivity contribution in [3.05, 3.63) is 29.8 Å². The van der Waals surface area contributed by atoms with Crippen LogP contribution in [0.25, 0.3) is 0 Å². The van der Waals surface area contributed by atoms with Crippen LogP contribution < -0.4 is 10.5 Å². The van der Waals surface area contributed by atoms with Crippen LogP contribution in [0.2, 0.25) is 0 Å². The quantitative estimate of drug-likeness (QED) is 0.902. The molecule has 0 radical (unpaired) electrons. The summed E-state index contributed by atoms with van der Waals surface area (Å²) in [5.74, 6) is 2.64. The van der Waals surface area contributed by atoms with E-state index in [1.165, 1.54) is 37.7 Å². The Morgan fingerprint density at radius 3 is 2.90 bits per heavy atom. The second-order valence-electron chi connectivity index (χ2n) is 6.68. The van der Waals surface area contributed by atoms with Crippen molar-refractivity contribution in [3.63, 3.8) is 0 Å². The fourth-order valence-corrected chi connectivity index (χ4v) is 4.05. The molecule has 2 nitrogen and oxygen atoms in total. The Labute approximate surface area is 122 Å². The van der Waals surface area contributed by atoms with Gasteiger partial charge in [0.1, 0.15) is 11.9 Å². The second kappa shape index (κ2) is 6.17. The van der Waals surface area contributed by atoms with Gasteiger partial charge in [0, 0.05) is 12.5 Å². The summed E-state index contributed by atoms with van der Waals surface area (Å²) in [5, 5.41) is 0. The predicted molar refractivity (Wildman–Crippen MR) is 82.9 cm³/mol. The van der Waals surface area contributed by atoms with Crippen LogP contribution in [0.4, 0.5) is 0 Å². The zero-order valence-electron chi connectivity index (χ0n) is 12.6. The molecule has 1 fully saturated rings. The monoisotopic (exact) mass is 273 g/mol. The maximum atomic E-state index is 6.36. The second-order valence-corrected chi connectivity index (χ2v) is 6.68. The molecule has 4 atom stereocenters. The third-order valence-electron chi connectivity index (χ3n) is 5.13. The minimum atomic E-state index is 0.351. The number of rotatable bonds is 4. The molecule has 2 aliphatic rings. The Morgan fingerprint density at radius 1 is 1.25 bits per heavy atom. The van der Waals surface area contributed by atoms with Crippen LogP contribution in [0.15, 0.2) is 24.3 Å². The van der Waals surface area contributed by atoms with Gasteiger partial charge < -0.3 is 10.5 Å². The molecule has 3 rings (SSSR count). The smallest absolute Gasteiger partial charge is 0.123 e. The molecule has 1 saturated carbocycles. The highest BCUT2D eigenvalue weighted by Gasteiger charge is 2.32. The topological polar surface area (TPSA) is 35.2 Å². The van der Waals surface area contributed by atoms with E-state index in [2.05, 4.69) is 31.2 Å². The van der Waals surface area contributed by atoms with Gasteiger partial charge in [-0.05, 0) is 49.1 Å². The molecular weight excluding hydrogens is 246 g/mol. The summed E-state index contributed by atoms with van der Waals surface area (Å²) >= 11 is 0. The third-order valence-corrected chi connectivity index (χ3v) is 5.13. The van der Waals surface area contributed by atoms with Crippen LogP contribution in [-0.2, 0) is 6.42 Å². The minimum absolute atomic E-state index is 0.351. The first-order valence-electron chi connectivity index (χ1n) is 8.26. The highest BCUT2D eigenvalue weighted by atomic mass is 16.5. The van der Waals surface area contributed by atoms with Crippen molar-refractivity contribution in [1.29, 1.82) is 0 Å². The van der Waals surface area contributed by atoms with Gasteiger partial charge >= 0.3 is 0 Å². The van der Waals surface area contributed by atoms with E-state index >= 15 is 0 Å². The number of para-hydroxylation sites is 1. The average Bonchev–Trinajstić information content (AvgIpc) is 2.85. The summed E-state index contributed by atoms with van der Waals surface area (Å²) in [6.45, 7) is 2.29. The molecule has 0 aromatic heterocycles. The summed E-state index contributed by atoms with van der Waals surface area (Å²) < 4.78 is 6.10. The molecule has 20 heavy (non-hydrogen) atoms. The van der Waals surface area contributed by atoms with Gasteiger partial charge in [0.15, 0.2) is 0 Å². The van der Waals surface area contributed by atoms with Gasteiger partial charge in [-0.15, -0.1) is 0 Å². The molecule has 1 aliphatic carbocycles. The van der Waals surface area contributed by atoms with Crippen LogP contribution in [0.1, 0.15) is 51.0 Å². The van der Waals surface area contributed by atoms with Crippen molar-refractivity contribution < 1.29 is 4.74 Å². The lowest BCUT2D eigenvalue weighted by Crippen LogP contribution is -2.38. The lowest BCUT2D eigenvalue weighted by molar-refractivity contribution is 0.140. The summed E-state index contributed by atoms with van der Waals surface area (Å²) in [4.78, 5) is 0. The van der Waals surface area contributed by atoms with Crippen molar-refractivity contribution in [2.45, 2.75) is 64.0 Å². The average molecular weight is 273 g/mol. The van der Waals surface area contributed by atoms with Gasteiger partial charge in [-0.1, -0.05) is 38.0 Å². The lowest BCUT2D eigenvalue weighted by Gasteiger charge is -2.35. The van der Waals surface area contributed by atoms with E-state index in [9.17, 15) is 0 Å². The number of ether oxygens (including phenoxy) is 1. The number of hydrogen-bond acceptors (Lipinski definition) is 2. The zero-order valence-corrected chi connectivity index (χ0v) is 12.6. The Balaban J connectivity index is 1.58. The molecule has 1 aliphatic heterocycles. The Hall–Kier alpha value is -1.02. The van der Waals surface area contributed by atoms with Crippen molar-refractivity contribution in [2.75, 3.05) is 0 Å². The van der Waals surface area contributed by atoms with Gasteiger partial charge in [-0.25, -0.2) is 0 Å². The van der Waals surface area contributed by atoms with Crippen molar-refractivity contribution in [2.24, 2.45) is 17.6 Å². The number of benzene rings is 1. The molecule has 0 amide bonds. The first kappa shape index (κ1) is 13.9. The van der Waals surface area contributed by atoms with Gasteiger partial charge in [-0.3, -0.25) is 0 Å². The van der Waals surface area contributed by atoms with Crippen LogP contribution >= 0.6 is 0 Å². The fraction of sp³-hybridized carbons (Fsp3) is 0.667. The highest BCUT2D eigenvalue weighted by molar-refractivity contribution is 5.37. The standard InChI is InChI=1S/C18H27NO/c1-2-5-13-8-9-17(19)15(10-13)12-16-11-14-6-3-4-7-18(14)20-16/h3-4,6-7,13,15-17H,2,5,8-12,19H2,1H3. The van der Waals surface area contributed by atoms with Crippen molar-refractivity contribution >= 4 is 0 Å². The molecule has 1 aromatic carbocycles. The molecule has 1 aromatic rings. The number of nitrogens with two attached hydrogens (primary N) is 1. The predicted octanol–water partition coefficient (Wildman–Crippen LogP) is 3.92. The first-order chi connectivity index (χ1) is 9.76. The molecule has 2 heteroatoms. The summed E-state index contributed by atoms with van der Waals surface area (Å²) in [6, 6.07) is 8.83. The molecular formula is C18H27NO. The number of fused-ring (bicyclic) bond motifs is 1. The largest absolute Gasteiger partial charge is 0.490 e. The van der Waals surface area contributed by atoms with Crippen LogP contribution in [0, 0.1) is 11.8 Å². The Bertz CT molecular complexity index is 420. The van der Waals surface area contributed by atoms with E-state index in [1.54, 1.807) is 0 Å². The zero-order chi connectivity index (χ0) is 13.9. The van der Waals surface area contributed by atoms with E-state index in [0.717, 1.165) is 24.5 Å². The van der Waals surface area contributed by atoms with Gasteiger partial charge in [0.05, 0.1) is 0 Å². The van der Waals surface area contributed by atoms with Crippen molar-refractivity contribution in [3.8, 4) is 5.75 Å². The van der Waals surface area contributed by atoms with E-state index in [-0.39, 0.29) is 0 Å². The van der Waals surface area contributed by atoms with Gasteiger partial charge in [0.25, 0.3) is 0 Å². The Kier molecular flexibility index (Phi) is 4.30. The van der Waals surface area contributed by atoms with Crippen LogP contribution in [0.5, 0.6) is 5.75 Å². The lowest BCUT2D eigenvalue weighted by atomic mass is 9.74. The molecule has 0 saturated heterocycles. The Morgan fingerprint density at radius 2 is 2.10 bits per heavy atom. The molecule has 0 bridgehead atoms. The van der Waals surface area contributed by atoms with E-state index < -0.39 is 0 Å². The SMILES string of the molecule is CCCC1CCC(N)C(CC2Cc3ccccc3O2)C1. The normalized spacial score (nSPS) is 32.7. The van der Waals surface area contributed by atoms with E-state index in [4.69, 9.17) is 10.5 Å². The highest BCUT2D eigenvalue weighted by Crippen LogP contribution is 2.37. The maximum Gasteiger partial charge on any atom is 0.123 e. The third kappa shape index (κ3) is 3.01. The van der Waals surface area contributed by atoms with Gasteiger partial charge in [0.2, 0.25) is 0 Å². The summed E-state index contributed by atoms with van der Waals surface area (Å²) in [7, 11) is 0. The van der Waals surface area contributed by atoms with Crippen LogP contribution in [-0.4, -0.2) is 12.1 Å². The summed E-state index contributed by atoms with van der Waals surface area (Å²) in [6.07, 6.45) is 9.07. The van der Waals surface area contributed by atoms with Crippen LogP contribution in [0.3, 0.4) is 0 Å². The van der Waals surface area contributed by atoms with Gasteiger partial charge in [-0.2, -0.15) is 0 Å². The first-order valence-corrected chi connectivity index (χ1v) is 8.26. The fourth-order valence-electron chi connectivity index (χ4n) is 4.05. The van der Waals surface area contributed by atoms with Crippen molar-refractivity contribution in [1.82, 2.24) is 0 Å². The maximum absolute atomic E-state index is 6.36. The molecule has 1 heterocycles. The van der Waals surface area contributed by atoms with E-state index in [0.29, 0.717) is 18.1 Å². The molecule has 4 unspecified atom stereocenters. The minimum Gasteiger partial charge on any atom is -0.490 e. The number of hydrogen-bond donors (Lipinski definition) is 1. The molecule has 0 spiro atoms. The van der Waals surface area contributed by atoms with E-state index in [1.807, 2.05) is 0 Å². The molecule has 2 N–H and O–H groups in total.